The molecule has 0 fully saturated rings. The van der Waals surface area contributed by atoms with Gasteiger partial charge in [-0.05, 0) is 36.4 Å². The number of rotatable bonds is 2. The van der Waals surface area contributed by atoms with E-state index in [1.165, 1.54) is 6.20 Å². The molecule has 1 aromatic carbocycles. The highest BCUT2D eigenvalue weighted by Crippen LogP contribution is 2.13. The molecule has 0 aliphatic heterocycles. The number of hydrogen-bond donors (Lipinski definition) is 2. The summed E-state index contributed by atoms with van der Waals surface area (Å²) in [5.41, 5.74) is 0.491. The van der Waals surface area contributed by atoms with Gasteiger partial charge >= 0.3 is 11.8 Å². The van der Waals surface area contributed by atoms with Crippen molar-refractivity contribution in [3.8, 4) is 0 Å². The number of anilines is 2. The van der Waals surface area contributed by atoms with E-state index in [4.69, 9.17) is 11.6 Å². The van der Waals surface area contributed by atoms with Crippen LogP contribution in [0.5, 0.6) is 0 Å². The molecule has 19 heavy (non-hydrogen) atoms. The lowest BCUT2D eigenvalue weighted by molar-refractivity contribution is -0.133. The summed E-state index contributed by atoms with van der Waals surface area (Å²) < 4.78 is 0. The maximum absolute atomic E-state index is 11.6. The molecule has 2 amide bonds. The molecule has 1 aromatic heterocycles. The number of pyridine rings is 1. The zero-order valence-corrected chi connectivity index (χ0v) is 10.5. The topological polar surface area (TPSA) is 71.1 Å². The van der Waals surface area contributed by atoms with Crippen LogP contribution in [0.3, 0.4) is 0 Å². The molecule has 0 aliphatic rings. The third kappa shape index (κ3) is 3.79. The van der Waals surface area contributed by atoms with Gasteiger partial charge in [0, 0.05) is 16.9 Å². The summed E-state index contributed by atoms with van der Waals surface area (Å²) in [6.07, 6.45) is 1.52. The van der Waals surface area contributed by atoms with Crippen LogP contribution >= 0.6 is 11.6 Å². The van der Waals surface area contributed by atoms with E-state index in [0.717, 1.165) is 0 Å². The van der Waals surface area contributed by atoms with Crippen molar-refractivity contribution in [3.63, 3.8) is 0 Å². The number of aromatic nitrogens is 1. The van der Waals surface area contributed by atoms with E-state index in [-0.39, 0.29) is 0 Å². The van der Waals surface area contributed by atoms with Crippen LogP contribution < -0.4 is 10.6 Å². The van der Waals surface area contributed by atoms with E-state index in [1.54, 1.807) is 42.5 Å². The molecule has 0 unspecified atom stereocenters. The summed E-state index contributed by atoms with van der Waals surface area (Å²) in [7, 11) is 0. The first-order chi connectivity index (χ1) is 9.15. The summed E-state index contributed by atoms with van der Waals surface area (Å²) in [6.45, 7) is 0. The Morgan fingerprint density at radius 1 is 0.947 bits per heavy atom. The Morgan fingerprint density at radius 3 is 2.26 bits per heavy atom. The van der Waals surface area contributed by atoms with Gasteiger partial charge in [0.15, 0.2) is 0 Å². The van der Waals surface area contributed by atoms with Crippen molar-refractivity contribution in [3.05, 3.63) is 53.7 Å². The van der Waals surface area contributed by atoms with Gasteiger partial charge in [-0.25, -0.2) is 4.98 Å². The van der Waals surface area contributed by atoms with E-state index < -0.39 is 11.8 Å². The van der Waals surface area contributed by atoms with Gasteiger partial charge in [-0.3, -0.25) is 9.59 Å². The van der Waals surface area contributed by atoms with Crippen LogP contribution in [0.2, 0.25) is 5.02 Å². The van der Waals surface area contributed by atoms with Gasteiger partial charge in [-0.2, -0.15) is 0 Å². The zero-order valence-electron chi connectivity index (χ0n) is 9.76. The maximum atomic E-state index is 11.6. The molecule has 0 saturated carbocycles. The fourth-order valence-corrected chi connectivity index (χ4v) is 1.46. The molecular formula is C13H10ClN3O2. The number of nitrogens with one attached hydrogen (secondary N) is 2. The van der Waals surface area contributed by atoms with Crippen LogP contribution in [-0.4, -0.2) is 16.8 Å². The van der Waals surface area contributed by atoms with E-state index in [2.05, 4.69) is 15.6 Å². The molecule has 6 heteroatoms. The lowest BCUT2D eigenvalue weighted by Gasteiger charge is -2.05. The Hall–Kier alpha value is -2.40. The molecule has 1 heterocycles. The number of benzene rings is 1. The van der Waals surface area contributed by atoms with Gasteiger partial charge in [0.05, 0.1) is 0 Å². The smallest absolute Gasteiger partial charge is 0.315 e. The normalized spacial score (nSPS) is 9.74. The highest BCUT2D eigenvalue weighted by molar-refractivity contribution is 6.43. The standard InChI is InChI=1S/C13H10ClN3O2/c14-9-4-6-10(7-5-9)16-12(18)13(19)17-11-3-1-2-8-15-11/h1-8H,(H,16,18)(H,15,17,19). The summed E-state index contributed by atoms with van der Waals surface area (Å²) >= 11 is 5.72. The van der Waals surface area contributed by atoms with Gasteiger partial charge in [-0.1, -0.05) is 17.7 Å². The Kier molecular flexibility index (Phi) is 4.10. The van der Waals surface area contributed by atoms with E-state index in [9.17, 15) is 9.59 Å². The molecule has 2 aromatic rings. The fourth-order valence-electron chi connectivity index (χ4n) is 1.33. The molecule has 2 rings (SSSR count). The number of amides is 2. The van der Waals surface area contributed by atoms with Crippen molar-refractivity contribution in [1.82, 2.24) is 4.98 Å². The average molecular weight is 276 g/mol. The summed E-state index contributed by atoms with van der Waals surface area (Å²) in [6, 6.07) is 11.5. The summed E-state index contributed by atoms with van der Waals surface area (Å²) in [5.74, 6) is -1.24. The summed E-state index contributed by atoms with van der Waals surface area (Å²) in [5, 5.41) is 5.39. The largest absolute Gasteiger partial charge is 0.318 e. The first-order valence-electron chi connectivity index (χ1n) is 5.44. The predicted octanol–water partition coefficient (Wildman–Crippen LogP) is 2.31. The molecular weight excluding hydrogens is 266 g/mol. The van der Waals surface area contributed by atoms with Crippen molar-refractivity contribution < 1.29 is 9.59 Å². The van der Waals surface area contributed by atoms with Gasteiger partial charge in [0.1, 0.15) is 5.82 Å². The van der Waals surface area contributed by atoms with Crippen LogP contribution in [0.25, 0.3) is 0 Å². The van der Waals surface area contributed by atoms with Crippen molar-refractivity contribution in [2.45, 2.75) is 0 Å². The molecule has 0 spiro atoms. The Bertz CT molecular complexity index is 585. The molecule has 96 valence electrons. The molecule has 0 bridgehead atoms. The lowest BCUT2D eigenvalue weighted by atomic mass is 10.3. The minimum Gasteiger partial charge on any atom is -0.318 e. The number of hydrogen-bond acceptors (Lipinski definition) is 3. The third-order valence-electron chi connectivity index (χ3n) is 2.21. The molecule has 0 saturated heterocycles. The molecule has 0 aliphatic carbocycles. The Morgan fingerprint density at radius 2 is 1.63 bits per heavy atom. The van der Waals surface area contributed by atoms with Gasteiger partial charge < -0.3 is 10.6 Å². The van der Waals surface area contributed by atoms with Gasteiger partial charge in [0.25, 0.3) is 0 Å². The lowest BCUT2D eigenvalue weighted by Crippen LogP contribution is -2.29. The van der Waals surface area contributed by atoms with Crippen LogP contribution in [0, 0.1) is 0 Å². The highest BCUT2D eigenvalue weighted by atomic mass is 35.5. The van der Waals surface area contributed by atoms with Crippen LogP contribution in [0.15, 0.2) is 48.7 Å². The minimum absolute atomic E-state index is 0.318. The second-order valence-corrected chi connectivity index (χ2v) is 4.07. The van der Waals surface area contributed by atoms with E-state index >= 15 is 0 Å². The van der Waals surface area contributed by atoms with Gasteiger partial charge in [0.2, 0.25) is 0 Å². The predicted molar refractivity (Wildman–Crippen MR) is 72.9 cm³/mol. The quantitative estimate of drug-likeness (QED) is 0.826. The molecule has 5 nitrogen and oxygen atoms in total. The first kappa shape index (κ1) is 13.0. The Balaban J connectivity index is 1.96. The maximum Gasteiger partial charge on any atom is 0.315 e. The first-order valence-corrected chi connectivity index (χ1v) is 5.82. The monoisotopic (exact) mass is 275 g/mol. The molecule has 0 radical (unpaired) electrons. The Labute approximate surface area is 114 Å². The van der Waals surface area contributed by atoms with Crippen molar-refractivity contribution in [1.29, 1.82) is 0 Å². The average Bonchev–Trinajstić information content (AvgIpc) is 2.42. The van der Waals surface area contributed by atoms with Crippen LogP contribution in [0.1, 0.15) is 0 Å². The van der Waals surface area contributed by atoms with Crippen molar-refractivity contribution >= 4 is 34.9 Å². The SMILES string of the molecule is O=C(Nc1ccc(Cl)cc1)C(=O)Nc1ccccn1. The van der Waals surface area contributed by atoms with Gasteiger partial charge in [-0.15, -0.1) is 0 Å². The van der Waals surface area contributed by atoms with Crippen LogP contribution in [0.4, 0.5) is 11.5 Å². The van der Waals surface area contributed by atoms with E-state index in [0.29, 0.717) is 16.5 Å². The third-order valence-corrected chi connectivity index (χ3v) is 2.47. The summed E-state index contributed by atoms with van der Waals surface area (Å²) in [4.78, 5) is 27.1. The molecule has 2 N–H and O–H groups in total. The zero-order chi connectivity index (χ0) is 13.7. The van der Waals surface area contributed by atoms with E-state index in [1.807, 2.05) is 0 Å². The second kappa shape index (κ2) is 5.97. The number of carbonyl (C=O) groups excluding carboxylic acids is 2. The van der Waals surface area contributed by atoms with Crippen molar-refractivity contribution in [2.75, 3.05) is 10.6 Å². The number of carbonyl (C=O) groups is 2. The number of halogens is 1. The molecule has 0 atom stereocenters. The second-order valence-electron chi connectivity index (χ2n) is 3.63. The fraction of sp³-hybridized carbons (Fsp3) is 0. The van der Waals surface area contributed by atoms with Crippen LogP contribution in [-0.2, 0) is 9.59 Å². The van der Waals surface area contributed by atoms with Crippen molar-refractivity contribution in [2.24, 2.45) is 0 Å². The number of nitrogens with zero attached hydrogens (tertiary/aromatic N) is 1. The minimum atomic E-state index is -0.784. The highest BCUT2D eigenvalue weighted by Gasteiger charge is 2.14.